The molecular formula is C52H108N4O4. The quantitative estimate of drug-likeness (QED) is 0.0449. The zero-order chi connectivity index (χ0) is 44.3. The van der Waals surface area contributed by atoms with Crippen LogP contribution in [0.3, 0.4) is 0 Å². The zero-order valence-corrected chi connectivity index (χ0v) is 41.1. The molecule has 1 aliphatic heterocycles. The minimum Gasteiger partial charge on any atom is -0.481 e. The maximum absolute atomic E-state index is 10.6. The molecule has 1 rings (SSSR count). The summed E-state index contributed by atoms with van der Waals surface area (Å²) in [6.07, 6.45) is 44.3. The maximum atomic E-state index is 10.6. The number of aliphatic carboxylic acids is 2. The van der Waals surface area contributed by atoms with Gasteiger partial charge in [-0.1, -0.05) is 175 Å². The van der Waals surface area contributed by atoms with Crippen LogP contribution in [0.1, 0.15) is 259 Å². The van der Waals surface area contributed by atoms with Crippen LogP contribution in [0.5, 0.6) is 0 Å². The van der Waals surface area contributed by atoms with Crippen LogP contribution in [0, 0.1) is 0 Å². The summed E-state index contributed by atoms with van der Waals surface area (Å²) >= 11 is 0. The second-order valence-electron chi connectivity index (χ2n) is 18.1. The minimum atomic E-state index is -0.670. The molecule has 8 heteroatoms. The van der Waals surface area contributed by atoms with E-state index in [1.807, 2.05) is 0 Å². The number of carboxylic acid groups (broad SMARTS) is 2. The Balaban J connectivity index is 0. The molecular weight excluding hydrogens is 745 g/mol. The number of unbranched alkanes of at least 4 members (excludes halogenated alkanes) is 24. The lowest BCUT2D eigenvalue weighted by Crippen LogP contribution is -2.34. The molecule has 0 amide bonds. The van der Waals surface area contributed by atoms with E-state index in [4.69, 9.17) is 10.2 Å². The predicted molar refractivity (Wildman–Crippen MR) is 263 cm³/mol. The van der Waals surface area contributed by atoms with E-state index in [9.17, 15) is 9.59 Å². The van der Waals surface area contributed by atoms with Gasteiger partial charge in [0, 0.05) is 12.8 Å². The summed E-state index contributed by atoms with van der Waals surface area (Å²) in [7, 11) is 0. The zero-order valence-electron chi connectivity index (χ0n) is 41.1. The lowest BCUT2D eigenvalue weighted by molar-refractivity contribution is -0.138. The number of nitrogens with one attached hydrogen (secondary N) is 2. The van der Waals surface area contributed by atoms with E-state index in [1.165, 1.54) is 258 Å². The lowest BCUT2D eigenvalue weighted by atomic mass is 10.1. The van der Waals surface area contributed by atoms with Crippen LogP contribution in [0.2, 0.25) is 0 Å². The maximum Gasteiger partial charge on any atom is 0.303 e. The normalized spacial score (nSPS) is 12.9. The smallest absolute Gasteiger partial charge is 0.303 e. The number of rotatable bonds is 44. The van der Waals surface area contributed by atoms with Gasteiger partial charge in [0.1, 0.15) is 0 Å². The van der Waals surface area contributed by atoms with Gasteiger partial charge in [0.15, 0.2) is 0 Å². The van der Waals surface area contributed by atoms with Crippen LogP contribution in [0.15, 0.2) is 0 Å². The number of likely N-dealkylation sites (tertiary alicyclic amines) is 1. The van der Waals surface area contributed by atoms with E-state index in [1.54, 1.807) is 0 Å². The number of piperidine rings is 1. The number of carbonyl (C=O) groups is 2. The molecule has 0 saturated carbocycles. The molecule has 0 spiro atoms. The molecule has 1 heterocycles. The first-order valence-electron chi connectivity index (χ1n) is 26.7. The Morgan fingerprint density at radius 2 is 0.700 bits per heavy atom. The third-order valence-electron chi connectivity index (χ3n) is 12.0. The third kappa shape index (κ3) is 54.8. The van der Waals surface area contributed by atoms with Crippen molar-refractivity contribution in [3.05, 3.63) is 0 Å². The summed E-state index contributed by atoms with van der Waals surface area (Å²) in [5.41, 5.74) is 0. The van der Waals surface area contributed by atoms with Gasteiger partial charge >= 0.3 is 11.9 Å². The summed E-state index contributed by atoms with van der Waals surface area (Å²) in [5.74, 6) is -1.34. The van der Waals surface area contributed by atoms with Crippen molar-refractivity contribution in [3.8, 4) is 0 Å². The average Bonchev–Trinajstić information content (AvgIpc) is 3.24. The second kappa shape index (κ2) is 53.9. The van der Waals surface area contributed by atoms with Crippen molar-refractivity contribution in [1.29, 1.82) is 0 Å². The topological polar surface area (TPSA) is 105 Å². The lowest BCUT2D eigenvalue weighted by Gasteiger charge is -2.28. The summed E-state index contributed by atoms with van der Waals surface area (Å²) in [4.78, 5) is 26.5. The monoisotopic (exact) mass is 853 g/mol. The van der Waals surface area contributed by atoms with Crippen molar-refractivity contribution in [2.75, 3.05) is 65.4 Å². The van der Waals surface area contributed by atoms with Crippen molar-refractivity contribution in [1.82, 2.24) is 20.4 Å². The molecule has 360 valence electrons. The van der Waals surface area contributed by atoms with Gasteiger partial charge in [-0.3, -0.25) is 9.59 Å². The largest absolute Gasteiger partial charge is 0.481 e. The fourth-order valence-electron chi connectivity index (χ4n) is 7.98. The van der Waals surface area contributed by atoms with Gasteiger partial charge in [-0.05, 0) is 136 Å². The summed E-state index contributed by atoms with van der Waals surface area (Å²) in [6, 6.07) is 0. The summed E-state index contributed by atoms with van der Waals surface area (Å²) < 4.78 is 0. The summed E-state index contributed by atoms with van der Waals surface area (Å²) in [5, 5.41) is 24.4. The molecule has 0 aliphatic carbocycles. The second-order valence-corrected chi connectivity index (χ2v) is 18.1. The minimum absolute atomic E-state index is 0.317. The van der Waals surface area contributed by atoms with E-state index in [2.05, 4.69) is 48.1 Å². The van der Waals surface area contributed by atoms with Crippen LogP contribution in [0.4, 0.5) is 0 Å². The Labute approximate surface area is 375 Å². The number of hydrogen-bond donors (Lipinski definition) is 4. The molecule has 0 aromatic rings. The van der Waals surface area contributed by atoms with Crippen molar-refractivity contribution in [2.45, 2.75) is 259 Å². The molecule has 0 bridgehead atoms. The molecule has 1 saturated heterocycles. The molecule has 0 unspecified atom stereocenters. The Kier molecular flexibility index (Phi) is 54.7. The molecule has 0 radical (unpaired) electrons. The Morgan fingerprint density at radius 3 is 1.03 bits per heavy atom. The van der Waals surface area contributed by atoms with Crippen LogP contribution in [0.25, 0.3) is 0 Å². The molecule has 1 fully saturated rings. The van der Waals surface area contributed by atoms with E-state index in [0.717, 1.165) is 25.7 Å². The third-order valence-corrected chi connectivity index (χ3v) is 12.0. The van der Waals surface area contributed by atoms with Gasteiger partial charge in [-0.15, -0.1) is 0 Å². The highest BCUT2D eigenvalue weighted by atomic mass is 16.4. The van der Waals surface area contributed by atoms with E-state index >= 15 is 0 Å². The molecule has 60 heavy (non-hydrogen) atoms. The Bertz CT molecular complexity index is 752. The van der Waals surface area contributed by atoms with Crippen molar-refractivity contribution >= 4 is 11.9 Å². The molecule has 0 aromatic carbocycles. The highest BCUT2D eigenvalue weighted by molar-refractivity contribution is 5.66. The van der Waals surface area contributed by atoms with Gasteiger partial charge in [0.05, 0.1) is 0 Å². The standard InChI is InChI=1S/C28H54N2O4.2C12H27N/c31-27(32)19-12-7-3-1-5-9-14-21-29(25-18-26-30-23-16-11-17-24-30)22-15-10-6-2-4-8-13-20-28(33)34;2*1-3-5-7-9-11-13-12-10-8-6-4-2/h1-26H2,(H,31,32)(H,33,34);2*13H,3-12H2,1-2H3. The highest BCUT2D eigenvalue weighted by Gasteiger charge is 2.11. The van der Waals surface area contributed by atoms with Crippen LogP contribution >= 0.6 is 0 Å². The fraction of sp³-hybridized carbons (Fsp3) is 0.962. The van der Waals surface area contributed by atoms with Crippen molar-refractivity contribution in [3.63, 3.8) is 0 Å². The molecule has 0 aromatic heterocycles. The molecule has 4 N–H and O–H groups in total. The predicted octanol–water partition coefficient (Wildman–Crippen LogP) is 14.0. The van der Waals surface area contributed by atoms with E-state index in [0.29, 0.717) is 12.8 Å². The van der Waals surface area contributed by atoms with E-state index in [-0.39, 0.29) is 0 Å². The molecule has 1 aliphatic rings. The van der Waals surface area contributed by atoms with Gasteiger partial charge < -0.3 is 30.6 Å². The Morgan fingerprint density at radius 1 is 0.400 bits per heavy atom. The average molecular weight is 853 g/mol. The number of nitrogens with zero attached hydrogens (tertiary/aromatic N) is 2. The van der Waals surface area contributed by atoms with Crippen molar-refractivity contribution < 1.29 is 19.8 Å². The number of hydrogen-bond acceptors (Lipinski definition) is 6. The van der Waals surface area contributed by atoms with Crippen molar-refractivity contribution in [2.24, 2.45) is 0 Å². The van der Waals surface area contributed by atoms with Gasteiger partial charge in [0.25, 0.3) is 0 Å². The molecule has 0 atom stereocenters. The SMILES string of the molecule is CCCCCCNCCCCCC.CCCCCCNCCCCCC.O=C(O)CCCCCCCCCN(CCCCCCCCCC(=O)O)CCCN1CCCCC1. The van der Waals surface area contributed by atoms with Gasteiger partial charge in [0.2, 0.25) is 0 Å². The van der Waals surface area contributed by atoms with Gasteiger partial charge in [-0.25, -0.2) is 0 Å². The fourth-order valence-corrected chi connectivity index (χ4v) is 7.98. The first-order chi connectivity index (χ1) is 29.4. The van der Waals surface area contributed by atoms with E-state index < -0.39 is 11.9 Å². The first-order valence-corrected chi connectivity index (χ1v) is 26.7. The highest BCUT2D eigenvalue weighted by Crippen LogP contribution is 2.13. The first kappa shape index (κ1) is 60.9. The van der Waals surface area contributed by atoms with Crippen LogP contribution in [-0.4, -0.2) is 97.4 Å². The number of carboxylic acids is 2. The Hall–Kier alpha value is -1.22. The summed E-state index contributed by atoms with van der Waals surface area (Å²) in [6.45, 7) is 21.5. The molecule has 8 nitrogen and oxygen atoms in total. The van der Waals surface area contributed by atoms with Gasteiger partial charge in [-0.2, -0.15) is 0 Å². The van der Waals surface area contributed by atoms with Crippen LogP contribution < -0.4 is 10.6 Å². The van der Waals surface area contributed by atoms with Crippen LogP contribution in [-0.2, 0) is 9.59 Å².